The lowest BCUT2D eigenvalue weighted by atomic mass is 9.97. The third kappa shape index (κ3) is 27.8. The molecule has 44 heteroatoms. The van der Waals surface area contributed by atoms with Gasteiger partial charge < -0.3 is 113 Å². The molecule has 4 aromatic rings. The van der Waals surface area contributed by atoms with Crippen LogP contribution in [-0.2, 0) is 54.3 Å². The van der Waals surface area contributed by atoms with Crippen molar-refractivity contribution < 1.29 is 148 Å². The van der Waals surface area contributed by atoms with Crippen LogP contribution in [-0.4, -0.2) is 287 Å². The Morgan fingerprint density at radius 3 is 1.75 bits per heavy atom. The lowest BCUT2D eigenvalue weighted by Crippen LogP contribution is -2.64. The van der Waals surface area contributed by atoms with Gasteiger partial charge in [-0.3, -0.25) is 43.2 Å². The SMILES string of the molecule is C[C@@H](O)[C@@H]1NC(=O)[C@@H](NC(=O)c2ccc(-c3nnc(-c4ccc(N5CCC(OC6CCCCC6)CC5)cc4)s3)cc2)C[C@@H](O)CNC(=O)[C@@H]2[C@@H](O)[C@@H](C)CN2C(=O)[C@H]([C@H](O)CCN)NC(=O)[C@H]([C@H](O)Cc2ccc(O)c(OCCCN)c2)NC(=O)[C@@H]2C[C@@H](O)CN2C1=O.FC(F)(F)C(F)(F)F.O=C(O)C(F)(F)F.O=CO.O=CO. The standard InChI is InChI=1S/C64H88N12O16S.C2F6.C2HF3O2.2CH2O2/c1-34-32-76-54(55(34)83)60(88)67-31-41(78)29-45(68-56(84)37-10-12-38(13-11-37)61-72-73-62(93-61)39-14-16-40(17-15-39)74-24-20-44(21-25-74)92-43-7-4-3-5-8-43)57(85)69-51(35(2)77)63(89)75-33-42(79)30-46(75)58(86)70-52(59(87)71-53(64(76)90)48(81)19-23-66)49(82)27-36-9-18-47(80)50(28-36)91-26-6-22-65;3-1(4,5)2(6,7)8;3-2(4,5)1(6)7;2*2-1-3/h9-18,28,34-35,41-46,48-49,51-55,77-83H,3-8,19-27,29-33,65-66H2,1-2H3,(H,67,88)(H,68,84)(H,69,85)(H,70,86)(H,71,87);;(H,6,7);2*1H,(H,2,3)/t34-,35+,41+,42+,45-,46-,48+,49+,51-,52-,53-,54-,55-;;;;/m0..../s1. The van der Waals surface area contributed by atoms with Crippen molar-refractivity contribution in [2.45, 2.75) is 195 Å². The molecule has 7 amide bonds. The van der Waals surface area contributed by atoms with Crippen LogP contribution in [0.15, 0.2) is 66.7 Å². The highest BCUT2D eigenvalue weighted by atomic mass is 32.1. The first kappa shape index (κ1) is 94.9. The van der Waals surface area contributed by atoms with Crippen LogP contribution in [0, 0.1) is 5.92 Å². The number of piperidine rings is 1. The van der Waals surface area contributed by atoms with Crippen molar-refractivity contribution in [1.82, 2.24) is 46.6 Å². The molecule has 9 rings (SSSR count). The first-order valence-corrected chi connectivity index (χ1v) is 36.5. The van der Waals surface area contributed by atoms with Gasteiger partial charge in [0.15, 0.2) is 11.5 Å². The molecule has 5 fully saturated rings. The molecule has 0 unspecified atom stereocenters. The zero-order chi connectivity index (χ0) is 85.1. The van der Waals surface area contributed by atoms with Gasteiger partial charge in [0.2, 0.25) is 35.4 Å². The Hall–Kier alpha value is -9.67. The van der Waals surface area contributed by atoms with Gasteiger partial charge >= 0.3 is 24.5 Å². The number of rotatable bonds is 18. The quantitative estimate of drug-likeness (QED) is 0.0376. The summed E-state index contributed by atoms with van der Waals surface area (Å²) in [6.45, 7) is 2.73. The molecule has 19 N–H and O–H groups in total. The van der Waals surface area contributed by atoms with Gasteiger partial charge in [-0.2, -0.15) is 39.5 Å². The number of phenols is 1. The van der Waals surface area contributed by atoms with Crippen LogP contribution in [0.1, 0.15) is 100 Å². The summed E-state index contributed by atoms with van der Waals surface area (Å²) in [5.74, 6) is -11.3. The summed E-state index contributed by atoms with van der Waals surface area (Å²) >= 11 is 1.35. The van der Waals surface area contributed by atoms with Gasteiger partial charge in [-0.05, 0) is 113 Å². The number of carboxylic acids is 1. The number of phenolic OH excluding ortho intramolecular Hbond substituents is 1. The molecule has 1 aromatic heterocycles. The van der Waals surface area contributed by atoms with Gasteiger partial charge in [0.1, 0.15) is 46.3 Å². The molecule has 0 bridgehead atoms. The number of β-amino-alcohol motifs (C(OH)–C–C–N with tert-alkyl or cyclic N) is 1. The van der Waals surface area contributed by atoms with Crippen molar-refractivity contribution >= 4 is 77.3 Å². The van der Waals surface area contributed by atoms with Crippen molar-refractivity contribution in [2.75, 3.05) is 57.3 Å². The summed E-state index contributed by atoms with van der Waals surface area (Å²) < 4.78 is 106. The molecule has 0 radical (unpaired) electrons. The number of halogens is 9. The largest absolute Gasteiger partial charge is 0.504 e. The van der Waals surface area contributed by atoms with Crippen molar-refractivity contribution in [2.24, 2.45) is 17.4 Å². The Labute approximate surface area is 649 Å². The number of carbonyl (C=O) groups is 10. The van der Waals surface area contributed by atoms with Gasteiger partial charge in [-0.15, -0.1) is 10.2 Å². The highest BCUT2D eigenvalue weighted by Crippen LogP contribution is 2.37. The molecule has 34 nitrogen and oxygen atoms in total. The molecule has 1 aliphatic carbocycles. The third-order valence-corrected chi connectivity index (χ3v) is 19.5. The topological polar surface area (TPSA) is 539 Å². The average molecular weight is 1660 g/mol. The summed E-state index contributed by atoms with van der Waals surface area (Å²) in [5, 5.41) is 123. The molecule has 3 aromatic carbocycles. The Kier molecular flexibility index (Phi) is 36.9. The minimum absolute atomic E-state index is 0.00564. The maximum atomic E-state index is 14.7. The monoisotopic (exact) mass is 1660 g/mol. The fraction of sp³-hybridized carbons (Fsp3) is 0.571. The Morgan fingerprint density at radius 1 is 0.684 bits per heavy atom. The normalized spacial score (nSPS) is 23.9. The first-order chi connectivity index (χ1) is 53.6. The van der Waals surface area contributed by atoms with Crippen LogP contribution in [0.2, 0.25) is 0 Å². The van der Waals surface area contributed by atoms with Gasteiger partial charge in [0.25, 0.3) is 18.9 Å². The number of fused-ring (bicyclic) bond motifs is 2. The lowest BCUT2D eigenvalue weighted by molar-refractivity contribution is -0.339. The zero-order valence-corrected chi connectivity index (χ0v) is 62.2. The number of carboxylic acid groups (broad SMARTS) is 3. The molecular formula is C70H93F9N12O22S. The maximum absolute atomic E-state index is 14.7. The van der Waals surface area contributed by atoms with Crippen LogP contribution >= 0.6 is 11.3 Å². The number of nitrogens with zero attached hydrogens (tertiary/aromatic N) is 5. The number of aliphatic carboxylic acids is 1. The summed E-state index contributed by atoms with van der Waals surface area (Å²) in [6.07, 6.45) is -19.9. The van der Waals surface area contributed by atoms with E-state index >= 15 is 0 Å². The molecule has 1 saturated carbocycles. The molecule has 114 heavy (non-hydrogen) atoms. The van der Waals surface area contributed by atoms with E-state index in [-0.39, 0.29) is 74.3 Å². The number of aromatic nitrogens is 2. The fourth-order valence-corrected chi connectivity index (χ4v) is 13.5. The van der Waals surface area contributed by atoms with Crippen LogP contribution in [0.4, 0.5) is 45.2 Å². The van der Waals surface area contributed by atoms with E-state index in [0.717, 1.165) is 66.7 Å². The van der Waals surface area contributed by atoms with Crippen molar-refractivity contribution in [3.8, 4) is 32.6 Å². The number of amides is 7. The van der Waals surface area contributed by atoms with Crippen LogP contribution in [0.25, 0.3) is 21.1 Å². The maximum Gasteiger partial charge on any atom is 0.490 e. The molecule has 4 saturated heterocycles. The minimum Gasteiger partial charge on any atom is -0.504 e. The third-order valence-electron chi connectivity index (χ3n) is 18.5. The summed E-state index contributed by atoms with van der Waals surface area (Å²) in [7, 11) is 0. The number of hydrogen-bond acceptors (Lipinski definition) is 25. The molecule has 5 heterocycles. The predicted molar refractivity (Wildman–Crippen MR) is 383 cm³/mol. The second-order valence-electron chi connectivity index (χ2n) is 27.0. The van der Waals surface area contributed by atoms with Crippen LogP contribution < -0.4 is 47.7 Å². The van der Waals surface area contributed by atoms with Crippen molar-refractivity contribution in [3.63, 3.8) is 0 Å². The number of aliphatic hydroxyl groups is 6. The van der Waals surface area contributed by atoms with Gasteiger partial charge in [-0.25, -0.2) is 4.79 Å². The lowest BCUT2D eigenvalue weighted by Gasteiger charge is -2.36. The van der Waals surface area contributed by atoms with E-state index < -0.39 is 177 Å². The number of hydrogen-bond donors (Lipinski definition) is 17. The molecule has 4 aliphatic heterocycles. The summed E-state index contributed by atoms with van der Waals surface area (Å²) in [6, 6.07) is 7.54. The Bertz CT molecular complexity index is 3790. The molecular weight excluding hydrogens is 1560 g/mol. The first-order valence-electron chi connectivity index (χ1n) is 35.7. The average Bonchev–Trinajstić information content (AvgIpc) is 1.63. The number of aromatic hydroxyl groups is 1. The molecule has 13 atom stereocenters. The number of benzene rings is 3. The number of nitrogens with one attached hydrogen (secondary N) is 5. The van der Waals surface area contributed by atoms with E-state index in [1.165, 1.54) is 60.9 Å². The second-order valence-corrected chi connectivity index (χ2v) is 28.0. The number of carbonyl (C=O) groups excluding carboxylic acids is 7. The van der Waals surface area contributed by atoms with Gasteiger partial charge in [0.05, 0.1) is 55.4 Å². The summed E-state index contributed by atoms with van der Waals surface area (Å²) in [5.41, 5.74) is 14.4. The highest BCUT2D eigenvalue weighted by Gasteiger charge is 2.59. The molecule has 0 spiro atoms. The number of alkyl halides is 9. The number of nitrogens with two attached hydrogens (primary N) is 2. The number of ether oxygens (including phenoxy) is 2. The fourth-order valence-electron chi connectivity index (χ4n) is 12.7. The van der Waals surface area contributed by atoms with Gasteiger partial charge in [-0.1, -0.05) is 55.7 Å². The highest BCUT2D eigenvalue weighted by molar-refractivity contribution is 7.17. The Morgan fingerprint density at radius 2 is 1.22 bits per heavy atom. The van der Waals surface area contributed by atoms with Crippen molar-refractivity contribution in [1.29, 1.82) is 0 Å². The van der Waals surface area contributed by atoms with Crippen LogP contribution in [0.3, 0.4) is 0 Å². The van der Waals surface area contributed by atoms with Gasteiger partial charge in [0, 0.05) is 80.3 Å². The van der Waals surface area contributed by atoms with E-state index in [0.29, 0.717) is 28.1 Å². The number of anilines is 1. The molecule has 634 valence electrons. The van der Waals surface area contributed by atoms with Crippen LogP contribution in [0.5, 0.6) is 11.5 Å². The van der Waals surface area contributed by atoms with E-state index in [4.69, 9.17) is 50.6 Å². The van der Waals surface area contributed by atoms with E-state index in [1.54, 1.807) is 19.1 Å². The zero-order valence-electron chi connectivity index (χ0n) is 61.4. The molecule has 5 aliphatic rings. The summed E-state index contributed by atoms with van der Waals surface area (Å²) in [4.78, 5) is 131. The number of aliphatic hydroxyl groups excluding tert-OH is 6. The Balaban J connectivity index is 0.000000977. The second kappa shape index (κ2) is 44.3. The minimum atomic E-state index is -6.06. The van der Waals surface area contributed by atoms with E-state index in [9.17, 15) is 109 Å². The van der Waals surface area contributed by atoms with E-state index in [2.05, 4.69) is 53.8 Å². The van der Waals surface area contributed by atoms with Crippen molar-refractivity contribution in [3.05, 3.63) is 77.9 Å². The van der Waals surface area contributed by atoms with E-state index in [1.807, 2.05) is 12.1 Å². The predicted octanol–water partition coefficient (Wildman–Crippen LogP) is 1.07. The smallest absolute Gasteiger partial charge is 0.490 e.